The Morgan fingerprint density at radius 2 is 1.70 bits per heavy atom. The third-order valence-corrected chi connectivity index (χ3v) is 4.46. The Morgan fingerprint density at radius 1 is 1.17 bits per heavy atom. The van der Waals surface area contributed by atoms with E-state index in [-0.39, 0.29) is 23.9 Å². The van der Waals surface area contributed by atoms with Crippen molar-refractivity contribution in [3.63, 3.8) is 0 Å². The Bertz CT molecular complexity index is 518. The maximum atomic E-state index is 12.4. The predicted molar refractivity (Wildman–Crippen MR) is 93.9 cm³/mol. The molecule has 1 aliphatic rings. The molecule has 0 aliphatic heterocycles. The van der Waals surface area contributed by atoms with Gasteiger partial charge in [0.15, 0.2) is 0 Å². The van der Waals surface area contributed by atoms with E-state index >= 15 is 0 Å². The van der Waals surface area contributed by atoms with Crippen molar-refractivity contribution >= 4 is 18.3 Å². The molecule has 1 saturated carbocycles. The largest absolute Gasteiger partial charge is 0.496 e. The average molecular weight is 343 g/mol. The van der Waals surface area contributed by atoms with Gasteiger partial charge in [-0.25, -0.2) is 0 Å². The predicted octanol–water partition coefficient (Wildman–Crippen LogP) is 2.83. The first-order chi connectivity index (χ1) is 10.5. The lowest BCUT2D eigenvalue weighted by molar-refractivity contribution is 0.0937. The number of carbonyl (C=O) groups is 1. The lowest BCUT2D eigenvalue weighted by atomic mass is 9.82. The summed E-state index contributed by atoms with van der Waals surface area (Å²) in [5, 5.41) is 2.96. The van der Waals surface area contributed by atoms with Gasteiger partial charge in [-0.3, -0.25) is 4.79 Å². The number of ether oxygens (including phenoxy) is 2. The topological polar surface area (TPSA) is 73.6 Å². The molecule has 5 nitrogen and oxygen atoms in total. The van der Waals surface area contributed by atoms with E-state index in [0.717, 1.165) is 31.2 Å². The van der Waals surface area contributed by atoms with E-state index in [1.165, 1.54) is 6.42 Å². The van der Waals surface area contributed by atoms with E-state index in [4.69, 9.17) is 15.2 Å². The standard InChI is InChI=1S/C17H26N2O3.ClH/c1-12-14(21-2)9-13(10-15(12)22-3)16(20)19-11-17(18)7-5-4-6-8-17;/h9-10H,4-8,11,18H2,1-3H3,(H,19,20);1H. The zero-order valence-electron chi connectivity index (χ0n) is 14.1. The molecule has 0 aromatic heterocycles. The van der Waals surface area contributed by atoms with Gasteiger partial charge in [-0.15, -0.1) is 12.4 Å². The fraction of sp³-hybridized carbons (Fsp3) is 0.588. The number of methoxy groups -OCH3 is 2. The third-order valence-electron chi connectivity index (χ3n) is 4.46. The van der Waals surface area contributed by atoms with Gasteiger partial charge in [-0.05, 0) is 31.9 Å². The molecule has 1 amide bonds. The van der Waals surface area contributed by atoms with Crippen LogP contribution in [0.1, 0.15) is 48.0 Å². The lowest BCUT2D eigenvalue weighted by Crippen LogP contribution is -2.51. The van der Waals surface area contributed by atoms with Gasteiger partial charge in [0.1, 0.15) is 11.5 Å². The van der Waals surface area contributed by atoms with Gasteiger partial charge in [0, 0.05) is 23.2 Å². The summed E-state index contributed by atoms with van der Waals surface area (Å²) < 4.78 is 10.6. The summed E-state index contributed by atoms with van der Waals surface area (Å²) in [6, 6.07) is 3.47. The van der Waals surface area contributed by atoms with E-state index in [9.17, 15) is 4.79 Å². The van der Waals surface area contributed by atoms with Crippen LogP contribution in [0.25, 0.3) is 0 Å². The van der Waals surface area contributed by atoms with Crippen LogP contribution in [-0.2, 0) is 0 Å². The molecule has 1 aromatic rings. The summed E-state index contributed by atoms with van der Waals surface area (Å²) in [7, 11) is 3.17. The fourth-order valence-corrected chi connectivity index (χ4v) is 3.01. The summed E-state index contributed by atoms with van der Waals surface area (Å²) in [5.41, 5.74) is 7.49. The monoisotopic (exact) mass is 342 g/mol. The average Bonchev–Trinajstić information content (AvgIpc) is 2.53. The highest BCUT2D eigenvalue weighted by Crippen LogP contribution is 2.30. The first-order valence-corrected chi connectivity index (χ1v) is 7.79. The molecule has 1 aliphatic carbocycles. The number of halogens is 1. The van der Waals surface area contributed by atoms with Crippen LogP contribution >= 0.6 is 12.4 Å². The second-order valence-electron chi connectivity index (χ2n) is 6.11. The Kier molecular flexibility index (Phi) is 7.16. The molecule has 2 rings (SSSR count). The van der Waals surface area contributed by atoms with Crippen LogP contribution in [0, 0.1) is 6.92 Å². The second kappa shape index (κ2) is 8.41. The molecule has 1 aromatic carbocycles. The number of benzene rings is 1. The number of hydrogen-bond donors (Lipinski definition) is 2. The quantitative estimate of drug-likeness (QED) is 0.863. The van der Waals surface area contributed by atoms with Crippen LogP contribution in [-0.4, -0.2) is 32.2 Å². The van der Waals surface area contributed by atoms with Crippen LogP contribution in [0.4, 0.5) is 0 Å². The Hall–Kier alpha value is -1.46. The normalized spacial score (nSPS) is 16.2. The molecule has 23 heavy (non-hydrogen) atoms. The Labute approximate surface area is 144 Å². The van der Waals surface area contributed by atoms with Gasteiger partial charge in [0.05, 0.1) is 14.2 Å². The molecule has 0 bridgehead atoms. The highest BCUT2D eigenvalue weighted by atomic mass is 35.5. The molecule has 0 spiro atoms. The van der Waals surface area contributed by atoms with Gasteiger partial charge in [0.2, 0.25) is 0 Å². The summed E-state index contributed by atoms with van der Waals surface area (Å²) in [5.74, 6) is 1.14. The minimum absolute atomic E-state index is 0. The van der Waals surface area contributed by atoms with Gasteiger partial charge in [-0.2, -0.15) is 0 Å². The lowest BCUT2D eigenvalue weighted by Gasteiger charge is -2.33. The number of nitrogens with one attached hydrogen (secondary N) is 1. The number of amides is 1. The zero-order valence-corrected chi connectivity index (χ0v) is 14.9. The van der Waals surface area contributed by atoms with E-state index in [1.54, 1.807) is 26.4 Å². The second-order valence-corrected chi connectivity index (χ2v) is 6.11. The number of hydrogen-bond acceptors (Lipinski definition) is 4. The molecule has 0 saturated heterocycles. The van der Waals surface area contributed by atoms with E-state index < -0.39 is 0 Å². The van der Waals surface area contributed by atoms with E-state index in [0.29, 0.717) is 23.6 Å². The molecular weight excluding hydrogens is 316 g/mol. The number of rotatable bonds is 5. The molecule has 0 atom stereocenters. The van der Waals surface area contributed by atoms with Crippen molar-refractivity contribution in [3.8, 4) is 11.5 Å². The highest BCUT2D eigenvalue weighted by Gasteiger charge is 2.28. The summed E-state index contributed by atoms with van der Waals surface area (Å²) in [6.45, 7) is 2.40. The summed E-state index contributed by atoms with van der Waals surface area (Å²) in [6.07, 6.45) is 5.44. The van der Waals surface area contributed by atoms with Crippen molar-refractivity contribution in [3.05, 3.63) is 23.3 Å². The zero-order chi connectivity index (χ0) is 16.2. The number of nitrogens with two attached hydrogens (primary N) is 1. The Morgan fingerprint density at radius 3 is 2.17 bits per heavy atom. The van der Waals surface area contributed by atoms with E-state index in [1.807, 2.05) is 6.92 Å². The van der Waals surface area contributed by atoms with Crippen molar-refractivity contribution in [2.45, 2.75) is 44.6 Å². The summed E-state index contributed by atoms with van der Waals surface area (Å²) >= 11 is 0. The SMILES string of the molecule is COc1cc(C(=O)NCC2(N)CCCCC2)cc(OC)c1C.Cl. The first-order valence-electron chi connectivity index (χ1n) is 7.79. The first kappa shape index (κ1) is 19.6. The van der Waals surface area contributed by atoms with Crippen LogP contribution in [0.2, 0.25) is 0 Å². The van der Waals surface area contributed by atoms with Crippen LogP contribution in [0.5, 0.6) is 11.5 Å². The molecule has 3 N–H and O–H groups in total. The van der Waals surface area contributed by atoms with E-state index in [2.05, 4.69) is 5.32 Å². The van der Waals surface area contributed by atoms with Crippen molar-refractivity contribution in [1.29, 1.82) is 0 Å². The van der Waals surface area contributed by atoms with Crippen molar-refractivity contribution in [1.82, 2.24) is 5.32 Å². The molecule has 0 heterocycles. The van der Waals surface area contributed by atoms with Crippen LogP contribution in [0.15, 0.2) is 12.1 Å². The van der Waals surface area contributed by atoms with Gasteiger partial charge < -0.3 is 20.5 Å². The molecular formula is C17H27ClN2O3. The van der Waals surface area contributed by atoms with Crippen LogP contribution in [0.3, 0.4) is 0 Å². The van der Waals surface area contributed by atoms with Crippen LogP contribution < -0.4 is 20.5 Å². The van der Waals surface area contributed by atoms with Gasteiger partial charge in [-0.1, -0.05) is 19.3 Å². The maximum absolute atomic E-state index is 12.4. The van der Waals surface area contributed by atoms with Gasteiger partial charge >= 0.3 is 0 Å². The molecule has 0 unspecified atom stereocenters. The highest BCUT2D eigenvalue weighted by molar-refractivity contribution is 5.95. The minimum Gasteiger partial charge on any atom is -0.496 e. The summed E-state index contributed by atoms with van der Waals surface area (Å²) in [4.78, 5) is 12.4. The third kappa shape index (κ3) is 4.75. The smallest absolute Gasteiger partial charge is 0.251 e. The Balaban J connectivity index is 0.00000264. The number of carbonyl (C=O) groups excluding carboxylic acids is 1. The maximum Gasteiger partial charge on any atom is 0.251 e. The van der Waals surface area contributed by atoms with Crippen molar-refractivity contribution in [2.24, 2.45) is 5.73 Å². The molecule has 130 valence electrons. The fourth-order valence-electron chi connectivity index (χ4n) is 3.01. The van der Waals surface area contributed by atoms with Gasteiger partial charge in [0.25, 0.3) is 5.91 Å². The molecule has 1 fully saturated rings. The molecule has 0 radical (unpaired) electrons. The van der Waals surface area contributed by atoms with Crippen molar-refractivity contribution < 1.29 is 14.3 Å². The van der Waals surface area contributed by atoms with Crippen molar-refractivity contribution in [2.75, 3.05) is 20.8 Å². The minimum atomic E-state index is -0.271. The molecule has 6 heteroatoms.